The third-order valence-electron chi connectivity index (χ3n) is 4.76. The van der Waals surface area contributed by atoms with Crippen LogP contribution in [0.25, 0.3) is 0 Å². The maximum atomic E-state index is 12.7. The predicted octanol–water partition coefficient (Wildman–Crippen LogP) is 2.22. The number of carbonyl (C=O) groups is 3. The SMILES string of the molecule is CCN1Cc2[nH]c(C(=O)Nc3cc(C(=O)NC)ccc3C)c(C)c2C1=O. The molecule has 1 aliphatic heterocycles. The molecule has 3 amide bonds. The van der Waals surface area contributed by atoms with Crippen LogP contribution in [0.1, 0.15) is 54.9 Å². The van der Waals surface area contributed by atoms with E-state index >= 15 is 0 Å². The standard InChI is InChI=1S/C19H22N4O3/c1-5-23-9-14-15(19(23)26)11(3)16(21-14)18(25)22-13-8-12(17(24)20-4)7-6-10(13)2/h6-8,21H,5,9H2,1-4H3,(H,20,24)(H,22,25). The number of nitrogens with zero attached hydrogens (tertiary/aromatic N) is 1. The molecule has 1 aliphatic rings. The van der Waals surface area contributed by atoms with Crippen LogP contribution in [0.5, 0.6) is 0 Å². The highest BCUT2D eigenvalue weighted by atomic mass is 16.2. The Hall–Kier alpha value is -3.09. The Bertz CT molecular complexity index is 914. The minimum atomic E-state index is -0.329. The van der Waals surface area contributed by atoms with Crippen molar-refractivity contribution in [1.82, 2.24) is 15.2 Å². The number of nitrogens with one attached hydrogen (secondary N) is 3. The molecule has 1 aromatic carbocycles. The van der Waals surface area contributed by atoms with Crippen molar-refractivity contribution in [1.29, 1.82) is 0 Å². The maximum absolute atomic E-state index is 12.7. The number of aryl methyl sites for hydroxylation is 1. The first kappa shape index (κ1) is 17.7. The molecule has 0 unspecified atom stereocenters. The summed E-state index contributed by atoms with van der Waals surface area (Å²) in [5.74, 6) is -0.598. The molecule has 7 heteroatoms. The van der Waals surface area contributed by atoms with Gasteiger partial charge in [-0.3, -0.25) is 14.4 Å². The summed E-state index contributed by atoms with van der Waals surface area (Å²) >= 11 is 0. The second-order valence-electron chi connectivity index (χ2n) is 6.36. The van der Waals surface area contributed by atoms with Crippen molar-refractivity contribution < 1.29 is 14.4 Å². The number of aromatic amines is 1. The van der Waals surface area contributed by atoms with Crippen molar-refractivity contribution in [2.24, 2.45) is 0 Å². The molecule has 2 aromatic rings. The first-order valence-corrected chi connectivity index (χ1v) is 8.52. The first-order chi connectivity index (χ1) is 12.4. The van der Waals surface area contributed by atoms with Crippen LogP contribution in [0.15, 0.2) is 18.2 Å². The Labute approximate surface area is 151 Å². The lowest BCUT2D eigenvalue weighted by atomic mass is 10.1. The van der Waals surface area contributed by atoms with Crippen molar-refractivity contribution in [3.05, 3.63) is 51.8 Å². The van der Waals surface area contributed by atoms with Crippen molar-refractivity contribution in [3.63, 3.8) is 0 Å². The van der Waals surface area contributed by atoms with Gasteiger partial charge in [0, 0.05) is 30.5 Å². The number of rotatable bonds is 4. The van der Waals surface area contributed by atoms with Crippen molar-refractivity contribution in [2.75, 3.05) is 18.9 Å². The Kier molecular flexibility index (Phi) is 4.54. The molecule has 0 bridgehead atoms. The third kappa shape index (κ3) is 2.85. The lowest BCUT2D eigenvalue weighted by molar-refractivity contribution is 0.0785. The van der Waals surface area contributed by atoms with Gasteiger partial charge in [-0.25, -0.2) is 0 Å². The van der Waals surface area contributed by atoms with E-state index in [9.17, 15) is 14.4 Å². The molecule has 2 heterocycles. The lowest BCUT2D eigenvalue weighted by Gasteiger charge is -2.13. The van der Waals surface area contributed by atoms with Gasteiger partial charge in [0.2, 0.25) is 0 Å². The smallest absolute Gasteiger partial charge is 0.272 e. The second kappa shape index (κ2) is 6.67. The highest BCUT2D eigenvalue weighted by molar-refractivity contribution is 6.09. The molecule has 0 saturated heterocycles. The van der Waals surface area contributed by atoms with E-state index in [0.29, 0.717) is 41.2 Å². The third-order valence-corrected chi connectivity index (χ3v) is 4.76. The molecule has 0 atom stereocenters. The minimum absolute atomic E-state index is 0.0481. The number of amides is 3. The topological polar surface area (TPSA) is 94.3 Å². The summed E-state index contributed by atoms with van der Waals surface area (Å²) in [5.41, 5.74) is 4.27. The Morgan fingerprint density at radius 1 is 1.23 bits per heavy atom. The molecular formula is C19H22N4O3. The van der Waals surface area contributed by atoms with E-state index in [2.05, 4.69) is 15.6 Å². The van der Waals surface area contributed by atoms with Gasteiger partial charge >= 0.3 is 0 Å². The molecule has 3 N–H and O–H groups in total. The van der Waals surface area contributed by atoms with E-state index in [4.69, 9.17) is 0 Å². The van der Waals surface area contributed by atoms with Gasteiger partial charge in [-0.15, -0.1) is 0 Å². The van der Waals surface area contributed by atoms with Gasteiger partial charge in [0.1, 0.15) is 5.69 Å². The van der Waals surface area contributed by atoms with Crippen molar-refractivity contribution in [2.45, 2.75) is 27.3 Å². The number of carbonyl (C=O) groups excluding carboxylic acids is 3. The van der Waals surface area contributed by atoms with Crippen LogP contribution in [0.3, 0.4) is 0 Å². The van der Waals surface area contributed by atoms with Crippen molar-refractivity contribution in [3.8, 4) is 0 Å². The van der Waals surface area contributed by atoms with Crippen molar-refractivity contribution >= 4 is 23.4 Å². The Morgan fingerprint density at radius 2 is 1.96 bits per heavy atom. The summed E-state index contributed by atoms with van der Waals surface area (Å²) in [6.07, 6.45) is 0. The highest BCUT2D eigenvalue weighted by Crippen LogP contribution is 2.28. The van der Waals surface area contributed by atoms with Gasteiger partial charge in [0.15, 0.2) is 0 Å². The molecular weight excluding hydrogens is 332 g/mol. The number of hydrogen-bond donors (Lipinski definition) is 3. The highest BCUT2D eigenvalue weighted by Gasteiger charge is 2.33. The quantitative estimate of drug-likeness (QED) is 0.786. The number of benzene rings is 1. The molecule has 0 aliphatic carbocycles. The summed E-state index contributed by atoms with van der Waals surface area (Å²) in [5, 5.41) is 5.40. The molecule has 3 rings (SSSR count). The zero-order valence-corrected chi connectivity index (χ0v) is 15.3. The van der Waals surface area contributed by atoms with Crippen LogP contribution in [-0.2, 0) is 6.54 Å². The van der Waals surface area contributed by atoms with E-state index < -0.39 is 0 Å². The molecule has 0 radical (unpaired) electrons. The van der Waals surface area contributed by atoms with Gasteiger partial charge in [-0.05, 0) is 44.0 Å². The van der Waals surface area contributed by atoms with Crippen LogP contribution in [0.2, 0.25) is 0 Å². The minimum Gasteiger partial charge on any atom is -0.355 e. The zero-order chi connectivity index (χ0) is 19.0. The van der Waals surface area contributed by atoms with Gasteiger partial charge in [-0.2, -0.15) is 0 Å². The zero-order valence-electron chi connectivity index (χ0n) is 15.3. The molecule has 7 nitrogen and oxygen atoms in total. The van der Waals surface area contributed by atoms with E-state index in [1.54, 1.807) is 37.1 Å². The van der Waals surface area contributed by atoms with Gasteiger partial charge in [0.05, 0.1) is 12.1 Å². The van der Waals surface area contributed by atoms with Crippen LogP contribution >= 0.6 is 0 Å². The van der Waals surface area contributed by atoms with Crippen LogP contribution in [0, 0.1) is 13.8 Å². The molecule has 0 fully saturated rings. The molecule has 136 valence electrons. The normalized spacial score (nSPS) is 12.9. The monoisotopic (exact) mass is 354 g/mol. The number of anilines is 1. The molecule has 0 saturated carbocycles. The summed E-state index contributed by atoms with van der Waals surface area (Å²) < 4.78 is 0. The van der Waals surface area contributed by atoms with E-state index in [0.717, 1.165) is 11.3 Å². The summed E-state index contributed by atoms with van der Waals surface area (Å²) in [6, 6.07) is 5.13. The number of hydrogen-bond acceptors (Lipinski definition) is 3. The lowest BCUT2D eigenvalue weighted by Crippen LogP contribution is -2.24. The summed E-state index contributed by atoms with van der Waals surface area (Å²) in [6.45, 7) is 6.68. The van der Waals surface area contributed by atoms with Crippen LogP contribution in [-0.4, -0.2) is 41.2 Å². The van der Waals surface area contributed by atoms with Crippen LogP contribution in [0.4, 0.5) is 5.69 Å². The molecule has 0 spiro atoms. The van der Waals surface area contributed by atoms with Gasteiger partial charge in [0.25, 0.3) is 17.7 Å². The fourth-order valence-corrected chi connectivity index (χ4v) is 3.20. The summed E-state index contributed by atoms with van der Waals surface area (Å²) in [4.78, 5) is 41.7. The fourth-order valence-electron chi connectivity index (χ4n) is 3.20. The van der Waals surface area contributed by atoms with E-state index in [1.165, 1.54) is 0 Å². The number of aromatic nitrogens is 1. The number of H-pyrrole nitrogens is 1. The van der Waals surface area contributed by atoms with Crippen LogP contribution < -0.4 is 10.6 Å². The van der Waals surface area contributed by atoms with E-state index in [1.807, 2.05) is 13.8 Å². The van der Waals surface area contributed by atoms with Gasteiger partial charge in [-0.1, -0.05) is 6.07 Å². The van der Waals surface area contributed by atoms with Gasteiger partial charge < -0.3 is 20.5 Å². The van der Waals surface area contributed by atoms with E-state index in [-0.39, 0.29) is 17.7 Å². The number of fused-ring (bicyclic) bond motifs is 1. The average Bonchev–Trinajstić information content (AvgIpc) is 3.12. The average molecular weight is 354 g/mol. The largest absolute Gasteiger partial charge is 0.355 e. The fraction of sp³-hybridized carbons (Fsp3) is 0.316. The predicted molar refractivity (Wildman–Crippen MR) is 98.5 cm³/mol. The Morgan fingerprint density at radius 3 is 2.58 bits per heavy atom. The molecule has 1 aromatic heterocycles. The Balaban J connectivity index is 1.88. The maximum Gasteiger partial charge on any atom is 0.272 e. The second-order valence-corrected chi connectivity index (χ2v) is 6.36. The molecule has 26 heavy (non-hydrogen) atoms. The summed E-state index contributed by atoms with van der Waals surface area (Å²) in [7, 11) is 1.56. The first-order valence-electron chi connectivity index (χ1n) is 8.52.